The van der Waals surface area contributed by atoms with Gasteiger partial charge in [-0.05, 0) is 39.2 Å². The Morgan fingerprint density at radius 1 is 1.50 bits per heavy atom. The maximum Gasteiger partial charge on any atom is 0.0953 e. The van der Waals surface area contributed by atoms with Crippen molar-refractivity contribution in [2.45, 2.75) is 58.0 Å². The van der Waals surface area contributed by atoms with E-state index >= 15 is 0 Å². The van der Waals surface area contributed by atoms with Gasteiger partial charge in [0.25, 0.3) is 0 Å². The average molecular weight is 221 g/mol. The lowest BCUT2D eigenvalue weighted by Gasteiger charge is -2.32. The zero-order chi connectivity index (χ0) is 11.6. The van der Waals surface area contributed by atoms with Crippen LogP contribution in [0.15, 0.2) is 12.5 Å². The number of nitrogens with zero attached hydrogens (tertiary/aromatic N) is 2. The van der Waals surface area contributed by atoms with Crippen molar-refractivity contribution in [2.75, 3.05) is 6.54 Å². The summed E-state index contributed by atoms with van der Waals surface area (Å²) < 4.78 is 2.38. The molecule has 2 heterocycles. The van der Waals surface area contributed by atoms with E-state index in [1.165, 1.54) is 18.5 Å². The first-order valence-corrected chi connectivity index (χ1v) is 6.47. The molecule has 1 aliphatic rings. The Morgan fingerprint density at radius 2 is 2.25 bits per heavy atom. The van der Waals surface area contributed by atoms with E-state index in [9.17, 15) is 0 Å². The van der Waals surface area contributed by atoms with E-state index in [1.54, 1.807) is 0 Å². The van der Waals surface area contributed by atoms with Crippen LogP contribution in [0.4, 0.5) is 0 Å². The highest BCUT2D eigenvalue weighted by Gasteiger charge is 2.28. The van der Waals surface area contributed by atoms with E-state index in [-0.39, 0.29) is 5.54 Å². The highest BCUT2D eigenvalue weighted by Crippen LogP contribution is 2.31. The van der Waals surface area contributed by atoms with Gasteiger partial charge in [0.15, 0.2) is 0 Å². The number of hydrogen-bond donors (Lipinski definition) is 1. The van der Waals surface area contributed by atoms with Crippen LogP contribution in [0.3, 0.4) is 0 Å². The molecule has 1 unspecified atom stereocenters. The van der Waals surface area contributed by atoms with Crippen LogP contribution >= 0.6 is 0 Å². The molecule has 0 aromatic carbocycles. The van der Waals surface area contributed by atoms with Gasteiger partial charge in [0.1, 0.15) is 0 Å². The van der Waals surface area contributed by atoms with Gasteiger partial charge in [-0.1, -0.05) is 13.8 Å². The predicted octanol–water partition coefficient (Wildman–Crippen LogP) is 2.84. The van der Waals surface area contributed by atoms with Crippen molar-refractivity contribution in [2.24, 2.45) is 0 Å². The highest BCUT2D eigenvalue weighted by molar-refractivity contribution is 5.10. The molecule has 0 saturated carbocycles. The van der Waals surface area contributed by atoms with Crippen molar-refractivity contribution in [3.8, 4) is 0 Å². The molecule has 1 N–H and O–H groups in total. The summed E-state index contributed by atoms with van der Waals surface area (Å²) in [5, 5.41) is 3.56. The van der Waals surface area contributed by atoms with Crippen molar-refractivity contribution in [3.05, 3.63) is 18.2 Å². The largest absolute Gasteiger partial charge is 0.327 e. The minimum Gasteiger partial charge on any atom is -0.327 e. The Morgan fingerprint density at radius 3 is 2.81 bits per heavy atom. The van der Waals surface area contributed by atoms with E-state index in [4.69, 9.17) is 0 Å². The maximum absolute atomic E-state index is 4.35. The average Bonchev–Trinajstić information content (AvgIpc) is 2.97. The molecule has 1 atom stereocenters. The second kappa shape index (κ2) is 4.58. The van der Waals surface area contributed by atoms with Gasteiger partial charge in [-0.15, -0.1) is 0 Å². The van der Waals surface area contributed by atoms with Gasteiger partial charge in [0.05, 0.1) is 12.0 Å². The van der Waals surface area contributed by atoms with Crippen molar-refractivity contribution < 1.29 is 0 Å². The molecule has 3 heteroatoms. The second-order valence-electron chi connectivity index (χ2n) is 5.04. The standard InChI is InChI=1S/C13H23N3/c1-4-13(3,5-2)16-10-14-9-12(16)11-7-6-8-15-11/h9-11,15H,4-8H2,1-3H3. The third-order valence-corrected chi connectivity index (χ3v) is 4.19. The number of hydrogen-bond acceptors (Lipinski definition) is 2. The predicted molar refractivity (Wildman–Crippen MR) is 66.4 cm³/mol. The van der Waals surface area contributed by atoms with Crippen LogP contribution in [0, 0.1) is 0 Å². The molecule has 0 bridgehead atoms. The zero-order valence-corrected chi connectivity index (χ0v) is 10.7. The molecule has 0 amide bonds. The lowest BCUT2D eigenvalue weighted by molar-refractivity contribution is 0.279. The van der Waals surface area contributed by atoms with Gasteiger partial charge in [0, 0.05) is 17.8 Å². The topological polar surface area (TPSA) is 29.9 Å². The fourth-order valence-electron chi connectivity index (χ4n) is 2.54. The maximum atomic E-state index is 4.35. The molecule has 1 aromatic heterocycles. The van der Waals surface area contributed by atoms with Crippen LogP contribution in [-0.4, -0.2) is 16.1 Å². The fraction of sp³-hybridized carbons (Fsp3) is 0.769. The molecule has 1 saturated heterocycles. The van der Waals surface area contributed by atoms with Gasteiger partial charge in [-0.2, -0.15) is 0 Å². The smallest absolute Gasteiger partial charge is 0.0953 e. The molecule has 0 aliphatic carbocycles. The molecule has 2 rings (SSSR count). The van der Waals surface area contributed by atoms with Crippen LogP contribution in [0.2, 0.25) is 0 Å². The lowest BCUT2D eigenvalue weighted by atomic mass is 9.94. The third-order valence-electron chi connectivity index (χ3n) is 4.19. The number of nitrogens with one attached hydrogen (secondary N) is 1. The molecular formula is C13H23N3. The lowest BCUT2D eigenvalue weighted by Crippen LogP contribution is -2.31. The van der Waals surface area contributed by atoms with Crippen LogP contribution < -0.4 is 5.32 Å². The second-order valence-corrected chi connectivity index (χ2v) is 5.04. The van der Waals surface area contributed by atoms with Crippen LogP contribution in [-0.2, 0) is 5.54 Å². The van der Waals surface area contributed by atoms with E-state index in [0.29, 0.717) is 6.04 Å². The van der Waals surface area contributed by atoms with Crippen molar-refractivity contribution in [1.82, 2.24) is 14.9 Å². The van der Waals surface area contributed by atoms with Gasteiger partial charge in [-0.3, -0.25) is 0 Å². The molecule has 1 aliphatic heterocycles. The van der Waals surface area contributed by atoms with Crippen molar-refractivity contribution in [3.63, 3.8) is 0 Å². The van der Waals surface area contributed by atoms with Crippen LogP contribution in [0.5, 0.6) is 0 Å². The molecule has 0 radical (unpaired) electrons. The molecule has 16 heavy (non-hydrogen) atoms. The monoisotopic (exact) mass is 221 g/mol. The highest BCUT2D eigenvalue weighted by atomic mass is 15.1. The number of aromatic nitrogens is 2. The van der Waals surface area contributed by atoms with Gasteiger partial charge < -0.3 is 9.88 Å². The Kier molecular flexibility index (Phi) is 3.33. The third kappa shape index (κ3) is 1.88. The summed E-state index contributed by atoms with van der Waals surface area (Å²) in [6.45, 7) is 7.99. The van der Waals surface area contributed by atoms with Crippen LogP contribution in [0.1, 0.15) is 58.2 Å². The van der Waals surface area contributed by atoms with Crippen molar-refractivity contribution in [1.29, 1.82) is 0 Å². The molecule has 0 spiro atoms. The normalized spacial score (nSPS) is 21.6. The number of rotatable bonds is 4. The summed E-state index contributed by atoms with van der Waals surface area (Å²) in [5.74, 6) is 0. The first-order chi connectivity index (χ1) is 7.71. The first-order valence-electron chi connectivity index (χ1n) is 6.47. The molecular weight excluding hydrogens is 198 g/mol. The Bertz CT molecular complexity index is 333. The Balaban J connectivity index is 2.30. The minimum absolute atomic E-state index is 0.218. The quantitative estimate of drug-likeness (QED) is 0.847. The first kappa shape index (κ1) is 11.6. The van der Waals surface area contributed by atoms with Crippen molar-refractivity contribution >= 4 is 0 Å². The summed E-state index contributed by atoms with van der Waals surface area (Å²) in [4.78, 5) is 4.35. The van der Waals surface area contributed by atoms with E-state index in [2.05, 4.69) is 35.6 Å². The molecule has 3 nitrogen and oxygen atoms in total. The Labute approximate surface area is 98.3 Å². The SMILES string of the molecule is CCC(C)(CC)n1cncc1C1CCCN1. The summed E-state index contributed by atoms with van der Waals surface area (Å²) in [6, 6.07) is 0.514. The van der Waals surface area contributed by atoms with Crippen LogP contribution in [0.25, 0.3) is 0 Å². The van der Waals surface area contributed by atoms with E-state index < -0.39 is 0 Å². The van der Waals surface area contributed by atoms with Gasteiger partial charge in [-0.25, -0.2) is 4.98 Å². The Hall–Kier alpha value is -0.830. The molecule has 90 valence electrons. The van der Waals surface area contributed by atoms with E-state index in [0.717, 1.165) is 19.4 Å². The molecule has 1 aromatic rings. The summed E-state index contributed by atoms with van der Waals surface area (Å²) in [6.07, 6.45) is 8.87. The van der Waals surface area contributed by atoms with E-state index in [1.807, 2.05) is 12.5 Å². The minimum atomic E-state index is 0.218. The number of imidazole rings is 1. The summed E-state index contributed by atoms with van der Waals surface area (Å²) >= 11 is 0. The molecule has 1 fully saturated rings. The van der Waals surface area contributed by atoms with Gasteiger partial charge >= 0.3 is 0 Å². The zero-order valence-electron chi connectivity index (χ0n) is 10.7. The summed E-state index contributed by atoms with van der Waals surface area (Å²) in [7, 11) is 0. The fourth-order valence-corrected chi connectivity index (χ4v) is 2.54. The summed E-state index contributed by atoms with van der Waals surface area (Å²) in [5.41, 5.74) is 1.58. The van der Waals surface area contributed by atoms with Gasteiger partial charge in [0.2, 0.25) is 0 Å².